The fourth-order valence-electron chi connectivity index (χ4n) is 1.51. The summed E-state index contributed by atoms with van der Waals surface area (Å²) in [4.78, 5) is 10.3. The third kappa shape index (κ3) is 2.58. The maximum Gasteiger partial charge on any atom is 0.136 e. The number of rotatable bonds is 4. The highest BCUT2D eigenvalue weighted by Crippen LogP contribution is 2.14. The Balaban J connectivity index is 2.26. The van der Waals surface area contributed by atoms with E-state index in [-0.39, 0.29) is 0 Å². The van der Waals surface area contributed by atoms with Gasteiger partial charge in [0.15, 0.2) is 0 Å². The first-order chi connectivity index (χ1) is 7.81. The van der Waals surface area contributed by atoms with E-state index in [1.807, 2.05) is 13.1 Å². The molecule has 0 saturated heterocycles. The van der Waals surface area contributed by atoms with Gasteiger partial charge in [0.2, 0.25) is 0 Å². The van der Waals surface area contributed by atoms with Gasteiger partial charge < -0.3 is 5.32 Å². The molecule has 0 aliphatic carbocycles. The Kier molecular flexibility index (Phi) is 3.51. The van der Waals surface area contributed by atoms with Crippen LogP contribution in [0.3, 0.4) is 0 Å². The van der Waals surface area contributed by atoms with E-state index in [1.165, 1.54) is 4.88 Å². The minimum atomic E-state index is 0.820. The first-order valence-corrected chi connectivity index (χ1v) is 6.26. The fraction of sp³-hybridized carbons (Fsp3) is 0.333. The van der Waals surface area contributed by atoms with Crippen LogP contribution in [0, 0.1) is 0 Å². The van der Waals surface area contributed by atoms with Crippen molar-refractivity contribution in [3.8, 4) is 0 Å². The Hall–Kier alpha value is -1.42. The maximum absolute atomic E-state index is 4.53. The minimum absolute atomic E-state index is 0.820. The number of hydrogen-bond acceptors (Lipinski definition) is 4. The first-order valence-electron chi connectivity index (χ1n) is 5.38. The zero-order valence-electron chi connectivity index (χ0n) is 9.53. The van der Waals surface area contributed by atoms with Crippen molar-refractivity contribution in [1.29, 1.82) is 0 Å². The van der Waals surface area contributed by atoms with Gasteiger partial charge in [0.25, 0.3) is 0 Å². The monoisotopic (exact) mass is 233 g/mol. The van der Waals surface area contributed by atoms with Gasteiger partial charge in [-0.05, 0) is 17.9 Å². The van der Waals surface area contributed by atoms with Gasteiger partial charge in [-0.2, -0.15) is 0 Å². The van der Waals surface area contributed by atoms with Gasteiger partial charge in [-0.1, -0.05) is 13.0 Å². The maximum atomic E-state index is 4.53. The van der Waals surface area contributed by atoms with Crippen molar-refractivity contribution >= 4 is 17.2 Å². The molecule has 2 aromatic heterocycles. The first kappa shape index (κ1) is 11.1. The molecular weight excluding hydrogens is 218 g/mol. The average Bonchev–Trinajstić information content (AvgIpc) is 2.81. The summed E-state index contributed by atoms with van der Waals surface area (Å²) in [6, 6.07) is 6.17. The molecule has 0 aromatic carbocycles. The predicted octanol–water partition coefficient (Wildman–Crippen LogP) is 2.73. The van der Waals surface area contributed by atoms with E-state index < -0.39 is 0 Å². The molecule has 0 aliphatic rings. The van der Waals surface area contributed by atoms with Crippen molar-refractivity contribution in [1.82, 2.24) is 9.97 Å². The fourth-order valence-corrected chi connectivity index (χ4v) is 2.21. The van der Waals surface area contributed by atoms with Crippen LogP contribution in [-0.2, 0) is 12.8 Å². The molecule has 0 saturated carbocycles. The number of nitrogens with one attached hydrogen (secondary N) is 1. The Morgan fingerprint density at radius 3 is 2.88 bits per heavy atom. The predicted molar refractivity (Wildman–Crippen MR) is 68.1 cm³/mol. The zero-order chi connectivity index (χ0) is 11.4. The molecule has 84 valence electrons. The molecule has 0 fully saturated rings. The molecule has 16 heavy (non-hydrogen) atoms. The van der Waals surface area contributed by atoms with Gasteiger partial charge in [0.05, 0.1) is 0 Å². The van der Waals surface area contributed by atoms with Crippen molar-refractivity contribution < 1.29 is 0 Å². The Labute approximate surface area is 99.6 Å². The molecule has 0 unspecified atom stereocenters. The summed E-state index contributed by atoms with van der Waals surface area (Å²) in [5.41, 5.74) is 1.09. The molecule has 2 aromatic rings. The second-order valence-electron chi connectivity index (χ2n) is 3.52. The standard InChI is InChI=1S/C12H15N3S/c1-3-9-7-11(13-2)15-12(14-9)8-10-5-4-6-16-10/h4-7H,3,8H2,1-2H3,(H,13,14,15). The molecule has 4 heteroatoms. The number of aromatic nitrogens is 2. The molecule has 0 amide bonds. The van der Waals surface area contributed by atoms with Crippen LogP contribution in [0.4, 0.5) is 5.82 Å². The Morgan fingerprint density at radius 2 is 2.25 bits per heavy atom. The Bertz CT molecular complexity index is 429. The molecular formula is C12H15N3S. The average molecular weight is 233 g/mol. The van der Waals surface area contributed by atoms with E-state index in [0.717, 1.165) is 30.2 Å². The number of hydrogen-bond donors (Lipinski definition) is 1. The largest absolute Gasteiger partial charge is 0.373 e. The quantitative estimate of drug-likeness (QED) is 0.882. The van der Waals surface area contributed by atoms with Crippen LogP contribution in [0.15, 0.2) is 23.6 Å². The lowest BCUT2D eigenvalue weighted by molar-refractivity contribution is 0.914. The third-order valence-corrected chi connectivity index (χ3v) is 3.23. The highest BCUT2D eigenvalue weighted by molar-refractivity contribution is 7.09. The van der Waals surface area contributed by atoms with Crippen LogP contribution < -0.4 is 5.32 Å². The van der Waals surface area contributed by atoms with Gasteiger partial charge >= 0.3 is 0 Å². The van der Waals surface area contributed by atoms with Crippen LogP contribution in [-0.4, -0.2) is 17.0 Å². The summed E-state index contributed by atoms with van der Waals surface area (Å²) in [6.07, 6.45) is 1.76. The lowest BCUT2D eigenvalue weighted by Gasteiger charge is -2.05. The topological polar surface area (TPSA) is 37.8 Å². The lowest BCUT2D eigenvalue weighted by Crippen LogP contribution is -2.03. The minimum Gasteiger partial charge on any atom is -0.373 e. The van der Waals surface area contributed by atoms with Gasteiger partial charge in [0, 0.05) is 30.1 Å². The van der Waals surface area contributed by atoms with Crippen LogP contribution in [0.1, 0.15) is 23.3 Å². The summed E-state index contributed by atoms with van der Waals surface area (Å²) >= 11 is 1.74. The normalized spacial score (nSPS) is 10.4. The number of thiophene rings is 1. The van der Waals surface area contributed by atoms with Crippen molar-refractivity contribution in [3.05, 3.63) is 40.0 Å². The van der Waals surface area contributed by atoms with E-state index >= 15 is 0 Å². The number of anilines is 1. The second-order valence-corrected chi connectivity index (χ2v) is 4.55. The van der Waals surface area contributed by atoms with Crippen LogP contribution >= 0.6 is 11.3 Å². The molecule has 2 heterocycles. The van der Waals surface area contributed by atoms with Crippen molar-refractivity contribution in [3.63, 3.8) is 0 Å². The number of aryl methyl sites for hydroxylation is 1. The smallest absolute Gasteiger partial charge is 0.136 e. The SMILES string of the molecule is CCc1cc(NC)nc(Cc2cccs2)n1. The lowest BCUT2D eigenvalue weighted by atomic mass is 10.3. The van der Waals surface area contributed by atoms with Crippen molar-refractivity contribution in [2.75, 3.05) is 12.4 Å². The molecule has 0 radical (unpaired) electrons. The molecule has 1 N–H and O–H groups in total. The van der Waals surface area contributed by atoms with E-state index in [9.17, 15) is 0 Å². The number of nitrogens with zero attached hydrogens (tertiary/aromatic N) is 2. The summed E-state index contributed by atoms with van der Waals surface area (Å²) < 4.78 is 0. The highest BCUT2D eigenvalue weighted by Gasteiger charge is 2.04. The van der Waals surface area contributed by atoms with Gasteiger partial charge in [0.1, 0.15) is 11.6 Å². The summed E-state index contributed by atoms with van der Waals surface area (Å²) in [5.74, 6) is 1.80. The summed E-state index contributed by atoms with van der Waals surface area (Å²) in [7, 11) is 1.89. The van der Waals surface area contributed by atoms with E-state index in [1.54, 1.807) is 11.3 Å². The van der Waals surface area contributed by atoms with E-state index in [2.05, 4.69) is 39.7 Å². The van der Waals surface area contributed by atoms with Crippen molar-refractivity contribution in [2.24, 2.45) is 0 Å². The molecule has 0 atom stereocenters. The van der Waals surface area contributed by atoms with E-state index in [4.69, 9.17) is 0 Å². The summed E-state index contributed by atoms with van der Waals surface area (Å²) in [5, 5.41) is 5.16. The zero-order valence-corrected chi connectivity index (χ0v) is 10.3. The molecule has 3 nitrogen and oxygen atoms in total. The van der Waals surface area contributed by atoms with Crippen molar-refractivity contribution in [2.45, 2.75) is 19.8 Å². The van der Waals surface area contributed by atoms with Crippen LogP contribution in [0.5, 0.6) is 0 Å². The van der Waals surface area contributed by atoms with Gasteiger partial charge in [-0.15, -0.1) is 11.3 Å². The van der Waals surface area contributed by atoms with Crippen LogP contribution in [0.2, 0.25) is 0 Å². The molecule has 0 bridgehead atoms. The van der Waals surface area contributed by atoms with Gasteiger partial charge in [-0.3, -0.25) is 0 Å². The molecule has 0 aliphatic heterocycles. The van der Waals surface area contributed by atoms with Crippen LogP contribution in [0.25, 0.3) is 0 Å². The van der Waals surface area contributed by atoms with E-state index in [0.29, 0.717) is 0 Å². The second kappa shape index (κ2) is 5.07. The molecule has 0 spiro atoms. The Morgan fingerprint density at radius 1 is 1.38 bits per heavy atom. The highest BCUT2D eigenvalue weighted by atomic mass is 32.1. The molecule has 2 rings (SSSR count). The third-order valence-electron chi connectivity index (χ3n) is 2.36. The van der Waals surface area contributed by atoms with Gasteiger partial charge in [-0.25, -0.2) is 9.97 Å². The summed E-state index contributed by atoms with van der Waals surface area (Å²) in [6.45, 7) is 2.11.